The molecule has 6 nitrogen and oxygen atoms in total. The van der Waals surface area contributed by atoms with Gasteiger partial charge in [0, 0.05) is 19.7 Å². The number of nitrogens with one attached hydrogen (secondary N) is 1. The maximum absolute atomic E-state index is 11.9. The van der Waals surface area contributed by atoms with Crippen LogP contribution in [0.25, 0.3) is 0 Å². The molecule has 1 unspecified atom stereocenters. The Bertz CT molecular complexity index is 315. The molecule has 0 aromatic rings. The standard InChI is InChI=1S/C11H18N2O4/c1-7-4-13(5-9(7)10(14)15)11(16)12-8-2-3-17-6-8/h7-9H,2-6H2,1H3,(H,12,16)(H,14,15)/t7-,8?,9-/m1/s1. The first kappa shape index (κ1) is 12.2. The molecule has 2 amide bonds. The van der Waals surface area contributed by atoms with Gasteiger partial charge in [-0.25, -0.2) is 4.79 Å². The molecule has 0 aliphatic carbocycles. The predicted octanol–water partition coefficient (Wildman–Crippen LogP) is 0.137. The van der Waals surface area contributed by atoms with Crippen molar-refractivity contribution in [1.29, 1.82) is 0 Å². The lowest BCUT2D eigenvalue weighted by atomic mass is 9.99. The number of hydrogen-bond acceptors (Lipinski definition) is 3. The number of aliphatic carboxylic acids is 1. The lowest BCUT2D eigenvalue weighted by molar-refractivity contribution is -0.142. The number of hydrogen-bond donors (Lipinski definition) is 2. The van der Waals surface area contributed by atoms with Crippen LogP contribution in [0.5, 0.6) is 0 Å². The molecule has 0 spiro atoms. The van der Waals surface area contributed by atoms with Gasteiger partial charge in [-0.05, 0) is 12.3 Å². The van der Waals surface area contributed by atoms with Gasteiger partial charge in [-0.15, -0.1) is 0 Å². The molecule has 2 rings (SSSR count). The van der Waals surface area contributed by atoms with Crippen molar-refractivity contribution < 1.29 is 19.4 Å². The normalized spacial score (nSPS) is 32.8. The highest BCUT2D eigenvalue weighted by molar-refractivity contribution is 5.77. The monoisotopic (exact) mass is 242 g/mol. The SMILES string of the molecule is C[C@@H]1CN(C(=O)NC2CCOC2)C[C@H]1C(=O)O. The van der Waals surface area contributed by atoms with Crippen LogP contribution < -0.4 is 5.32 Å². The third-order valence-corrected chi connectivity index (χ3v) is 3.47. The number of rotatable bonds is 2. The van der Waals surface area contributed by atoms with Crippen molar-refractivity contribution in [3.63, 3.8) is 0 Å². The second kappa shape index (κ2) is 4.91. The van der Waals surface area contributed by atoms with Gasteiger partial charge >= 0.3 is 12.0 Å². The molecule has 96 valence electrons. The van der Waals surface area contributed by atoms with Gasteiger partial charge in [-0.3, -0.25) is 4.79 Å². The van der Waals surface area contributed by atoms with E-state index in [1.165, 1.54) is 0 Å². The van der Waals surface area contributed by atoms with Crippen LogP contribution in [0.4, 0.5) is 4.79 Å². The number of amides is 2. The maximum Gasteiger partial charge on any atom is 0.317 e. The average Bonchev–Trinajstić information content (AvgIpc) is 2.86. The topological polar surface area (TPSA) is 78.9 Å². The third kappa shape index (κ3) is 2.69. The van der Waals surface area contributed by atoms with E-state index < -0.39 is 11.9 Å². The fourth-order valence-electron chi connectivity index (χ4n) is 2.37. The highest BCUT2D eigenvalue weighted by Gasteiger charge is 2.37. The Kier molecular flexibility index (Phi) is 3.51. The molecular weight excluding hydrogens is 224 g/mol. The van der Waals surface area contributed by atoms with Crippen molar-refractivity contribution in [2.24, 2.45) is 11.8 Å². The molecule has 2 aliphatic rings. The summed E-state index contributed by atoms with van der Waals surface area (Å²) in [4.78, 5) is 24.4. The minimum atomic E-state index is -0.822. The Hall–Kier alpha value is -1.30. The van der Waals surface area contributed by atoms with E-state index in [-0.39, 0.29) is 18.0 Å². The van der Waals surface area contributed by atoms with E-state index in [4.69, 9.17) is 9.84 Å². The Morgan fingerprint density at radius 2 is 2.18 bits per heavy atom. The molecule has 17 heavy (non-hydrogen) atoms. The summed E-state index contributed by atoms with van der Waals surface area (Å²) in [5.41, 5.74) is 0. The summed E-state index contributed by atoms with van der Waals surface area (Å²) in [7, 11) is 0. The summed E-state index contributed by atoms with van der Waals surface area (Å²) in [5.74, 6) is -1.25. The predicted molar refractivity (Wildman–Crippen MR) is 59.6 cm³/mol. The van der Waals surface area contributed by atoms with E-state index in [9.17, 15) is 9.59 Å². The van der Waals surface area contributed by atoms with E-state index in [2.05, 4.69) is 5.32 Å². The number of urea groups is 1. The fourth-order valence-corrected chi connectivity index (χ4v) is 2.37. The van der Waals surface area contributed by atoms with Gasteiger partial charge < -0.3 is 20.1 Å². The molecule has 0 saturated carbocycles. The summed E-state index contributed by atoms with van der Waals surface area (Å²) in [5, 5.41) is 11.9. The van der Waals surface area contributed by atoms with Crippen LogP contribution in [0, 0.1) is 11.8 Å². The number of carboxylic acids is 1. The lowest BCUT2D eigenvalue weighted by Crippen LogP contribution is -2.44. The Morgan fingerprint density at radius 1 is 1.41 bits per heavy atom. The van der Waals surface area contributed by atoms with Gasteiger partial charge in [-0.2, -0.15) is 0 Å². The van der Waals surface area contributed by atoms with Gasteiger partial charge in [0.05, 0.1) is 18.6 Å². The summed E-state index contributed by atoms with van der Waals surface area (Å²) in [6.07, 6.45) is 0.831. The number of likely N-dealkylation sites (tertiary alicyclic amines) is 1. The number of ether oxygens (including phenoxy) is 1. The number of carbonyl (C=O) groups excluding carboxylic acids is 1. The lowest BCUT2D eigenvalue weighted by Gasteiger charge is -2.19. The first-order chi connectivity index (χ1) is 8.08. The summed E-state index contributed by atoms with van der Waals surface area (Å²) in [6.45, 7) is 3.91. The second-order valence-corrected chi connectivity index (χ2v) is 4.84. The quantitative estimate of drug-likeness (QED) is 0.721. The van der Waals surface area contributed by atoms with Crippen molar-refractivity contribution >= 4 is 12.0 Å². The summed E-state index contributed by atoms with van der Waals surface area (Å²) in [6, 6.07) is -0.0993. The van der Waals surface area contributed by atoms with E-state index in [1.54, 1.807) is 4.90 Å². The van der Waals surface area contributed by atoms with Crippen molar-refractivity contribution in [2.45, 2.75) is 19.4 Å². The van der Waals surface area contributed by atoms with Crippen molar-refractivity contribution in [3.8, 4) is 0 Å². The zero-order valence-corrected chi connectivity index (χ0v) is 9.89. The van der Waals surface area contributed by atoms with Crippen molar-refractivity contribution in [3.05, 3.63) is 0 Å². The molecule has 0 radical (unpaired) electrons. The summed E-state index contributed by atoms with van der Waals surface area (Å²) >= 11 is 0. The first-order valence-corrected chi connectivity index (χ1v) is 5.94. The van der Waals surface area contributed by atoms with Crippen molar-refractivity contribution in [2.75, 3.05) is 26.3 Å². The Labute approximate surface area is 99.9 Å². The minimum Gasteiger partial charge on any atom is -0.481 e. The van der Waals surface area contributed by atoms with Gasteiger partial charge in [0.25, 0.3) is 0 Å². The van der Waals surface area contributed by atoms with Crippen LogP contribution in [-0.2, 0) is 9.53 Å². The van der Waals surface area contributed by atoms with Crippen LogP contribution in [0.15, 0.2) is 0 Å². The number of carbonyl (C=O) groups is 2. The van der Waals surface area contributed by atoms with Gasteiger partial charge in [0.1, 0.15) is 0 Å². The molecule has 2 saturated heterocycles. The van der Waals surface area contributed by atoms with Crippen molar-refractivity contribution in [1.82, 2.24) is 10.2 Å². The molecule has 0 aromatic heterocycles. The van der Waals surface area contributed by atoms with Crippen LogP contribution >= 0.6 is 0 Å². The molecule has 6 heteroatoms. The van der Waals surface area contributed by atoms with Gasteiger partial charge in [-0.1, -0.05) is 6.92 Å². The highest BCUT2D eigenvalue weighted by Crippen LogP contribution is 2.23. The van der Waals surface area contributed by atoms with E-state index in [0.717, 1.165) is 6.42 Å². The highest BCUT2D eigenvalue weighted by atomic mass is 16.5. The first-order valence-electron chi connectivity index (χ1n) is 5.94. The zero-order valence-electron chi connectivity index (χ0n) is 9.89. The zero-order chi connectivity index (χ0) is 12.4. The second-order valence-electron chi connectivity index (χ2n) is 4.84. The fraction of sp³-hybridized carbons (Fsp3) is 0.818. The van der Waals surface area contributed by atoms with Crippen LogP contribution in [0.1, 0.15) is 13.3 Å². The Morgan fingerprint density at radius 3 is 2.71 bits per heavy atom. The molecule has 2 aliphatic heterocycles. The molecule has 2 N–H and O–H groups in total. The molecule has 0 aromatic carbocycles. The summed E-state index contributed by atoms with van der Waals surface area (Å²) < 4.78 is 5.17. The Balaban J connectivity index is 1.86. The van der Waals surface area contributed by atoms with Crippen LogP contribution in [0.2, 0.25) is 0 Å². The minimum absolute atomic E-state index is 0.0121. The van der Waals surface area contributed by atoms with Gasteiger partial charge in [0.2, 0.25) is 0 Å². The molecule has 2 fully saturated rings. The smallest absolute Gasteiger partial charge is 0.317 e. The molecular formula is C11H18N2O4. The number of carboxylic acid groups (broad SMARTS) is 1. The van der Waals surface area contributed by atoms with Crippen LogP contribution in [-0.4, -0.2) is 54.4 Å². The third-order valence-electron chi connectivity index (χ3n) is 3.47. The van der Waals surface area contributed by atoms with Crippen LogP contribution in [0.3, 0.4) is 0 Å². The van der Waals surface area contributed by atoms with Gasteiger partial charge in [0.15, 0.2) is 0 Å². The largest absolute Gasteiger partial charge is 0.481 e. The molecule has 2 heterocycles. The molecule has 3 atom stereocenters. The molecule has 0 bridgehead atoms. The van der Waals surface area contributed by atoms with E-state index >= 15 is 0 Å². The van der Waals surface area contributed by atoms with E-state index in [1.807, 2.05) is 6.92 Å². The maximum atomic E-state index is 11.9. The average molecular weight is 242 g/mol. The van der Waals surface area contributed by atoms with E-state index in [0.29, 0.717) is 26.3 Å². The number of nitrogens with zero attached hydrogens (tertiary/aromatic N) is 1.